The number of rotatable bonds is 2. The third kappa shape index (κ3) is 2.00. The summed E-state index contributed by atoms with van der Waals surface area (Å²) in [6.45, 7) is 0. The molecule has 0 atom stereocenters. The zero-order chi connectivity index (χ0) is 12.6. The van der Waals surface area contributed by atoms with Gasteiger partial charge in [-0.2, -0.15) is 5.10 Å². The molecule has 1 aromatic heterocycles. The number of ketones is 1. The van der Waals surface area contributed by atoms with E-state index in [0.717, 1.165) is 12.1 Å². The van der Waals surface area contributed by atoms with E-state index in [1.807, 2.05) is 0 Å². The van der Waals surface area contributed by atoms with Gasteiger partial charge in [-0.15, -0.1) is 0 Å². The van der Waals surface area contributed by atoms with Gasteiger partial charge in [0.1, 0.15) is 17.3 Å². The summed E-state index contributed by atoms with van der Waals surface area (Å²) in [5.74, 6) is -2.52. The summed E-state index contributed by atoms with van der Waals surface area (Å²) in [6.07, 6.45) is 1.39. The Morgan fingerprint density at radius 1 is 1.35 bits per heavy atom. The van der Waals surface area contributed by atoms with Gasteiger partial charge in [0.25, 0.3) is 0 Å². The van der Waals surface area contributed by atoms with Crippen molar-refractivity contribution in [2.45, 2.75) is 0 Å². The highest BCUT2D eigenvalue weighted by molar-refractivity contribution is 9.10. The van der Waals surface area contributed by atoms with Crippen LogP contribution >= 0.6 is 15.9 Å². The molecule has 3 nitrogen and oxygen atoms in total. The normalized spacial score (nSPS) is 10.6. The Kier molecular flexibility index (Phi) is 3.06. The SMILES string of the molecule is Cn1ncc(Br)c1C(=O)c1c(F)cccc1F. The van der Waals surface area contributed by atoms with E-state index in [-0.39, 0.29) is 5.69 Å². The van der Waals surface area contributed by atoms with Crippen molar-refractivity contribution in [1.82, 2.24) is 9.78 Å². The summed E-state index contributed by atoms with van der Waals surface area (Å²) in [4.78, 5) is 12.0. The van der Waals surface area contributed by atoms with Crippen LogP contribution in [0.5, 0.6) is 0 Å². The van der Waals surface area contributed by atoms with E-state index in [9.17, 15) is 13.6 Å². The maximum Gasteiger partial charge on any atom is 0.218 e. The molecule has 1 heterocycles. The van der Waals surface area contributed by atoms with Crippen molar-refractivity contribution in [3.8, 4) is 0 Å². The maximum atomic E-state index is 13.5. The number of carbonyl (C=O) groups is 1. The van der Waals surface area contributed by atoms with Crippen molar-refractivity contribution in [2.24, 2.45) is 7.05 Å². The minimum Gasteiger partial charge on any atom is -0.287 e. The lowest BCUT2D eigenvalue weighted by molar-refractivity contribution is 0.102. The van der Waals surface area contributed by atoms with E-state index in [0.29, 0.717) is 4.47 Å². The number of hydrogen-bond donors (Lipinski definition) is 0. The number of halogens is 3. The van der Waals surface area contributed by atoms with Crippen molar-refractivity contribution in [3.63, 3.8) is 0 Å². The van der Waals surface area contributed by atoms with Crippen molar-refractivity contribution < 1.29 is 13.6 Å². The van der Waals surface area contributed by atoms with E-state index >= 15 is 0 Å². The van der Waals surface area contributed by atoms with Gasteiger partial charge in [0.15, 0.2) is 0 Å². The van der Waals surface area contributed by atoms with Gasteiger partial charge >= 0.3 is 0 Å². The van der Waals surface area contributed by atoms with E-state index in [1.54, 1.807) is 0 Å². The number of hydrogen-bond acceptors (Lipinski definition) is 2. The molecule has 0 aliphatic rings. The minimum absolute atomic E-state index is 0.106. The van der Waals surface area contributed by atoms with Gasteiger partial charge in [-0.25, -0.2) is 8.78 Å². The number of aromatic nitrogens is 2. The van der Waals surface area contributed by atoms with E-state index in [1.165, 1.54) is 24.0 Å². The Morgan fingerprint density at radius 3 is 2.41 bits per heavy atom. The van der Waals surface area contributed by atoms with Gasteiger partial charge in [-0.1, -0.05) is 6.07 Å². The second-order valence-electron chi connectivity index (χ2n) is 3.39. The summed E-state index contributed by atoms with van der Waals surface area (Å²) in [6, 6.07) is 3.29. The number of aryl methyl sites for hydroxylation is 1. The van der Waals surface area contributed by atoms with Gasteiger partial charge in [0.2, 0.25) is 5.78 Å². The third-order valence-electron chi connectivity index (χ3n) is 2.30. The molecule has 0 radical (unpaired) electrons. The van der Waals surface area contributed by atoms with Gasteiger partial charge in [-0.3, -0.25) is 9.48 Å². The summed E-state index contributed by atoms with van der Waals surface area (Å²) < 4.78 is 28.6. The molecule has 2 aromatic rings. The lowest BCUT2D eigenvalue weighted by Gasteiger charge is -2.05. The van der Waals surface area contributed by atoms with Crippen LogP contribution < -0.4 is 0 Å². The van der Waals surface area contributed by atoms with Crippen LogP contribution in [0.1, 0.15) is 16.1 Å². The van der Waals surface area contributed by atoms with Crippen LogP contribution in [0, 0.1) is 11.6 Å². The quantitative estimate of drug-likeness (QED) is 0.799. The molecular formula is C11H7BrF2N2O. The second kappa shape index (κ2) is 4.37. The number of nitrogens with zero attached hydrogens (tertiary/aromatic N) is 2. The van der Waals surface area contributed by atoms with Gasteiger partial charge in [0.05, 0.1) is 16.2 Å². The summed E-state index contributed by atoms with van der Waals surface area (Å²) in [5.41, 5.74) is -0.467. The van der Waals surface area contributed by atoms with Gasteiger partial charge in [-0.05, 0) is 28.1 Å². The standard InChI is InChI=1S/C11H7BrF2N2O/c1-16-10(6(12)5-15-16)11(17)9-7(13)3-2-4-8(9)14/h2-5H,1H3. The Morgan fingerprint density at radius 2 is 1.94 bits per heavy atom. The van der Waals surface area contributed by atoms with Crippen LogP contribution in [-0.4, -0.2) is 15.6 Å². The molecule has 17 heavy (non-hydrogen) atoms. The molecule has 0 aliphatic heterocycles. The van der Waals surface area contributed by atoms with Gasteiger partial charge < -0.3 is 0 Å². The summed E-state index contributed by atoms with van der Waals surface area (Å²) in [5, 5.41) is 3.83. The molecule has 88 valence electrons. The molecule has 0 aliphatic carbocycles. The van der Waals surface area contributed by atoms with Crippen molar-refractivity contribution >= 4 is 21.7 Å². The first kappa shape index (κ1) is 11.9. The van der Waals surface area contributed by atoms with Gasteiger partial charge in [0, 0.05) is 7.05 Å². The Bertz CT molecular complexity index is 555. The Balaban J connectivity index is 2.59. The first-order valence-electron chi connectivity index (χ1n) is 4.68. The molecule has 0 unspecified atom stereocenters. The number of benzene rings is 1. The van der Waals surface area contributed by atoms with Crippen molar-refractivity contribution in [2.75, 3.05) is 0 Å². The van der Waals surface area contributed by atoms with Crippen molar-refractivity contribution in [3.05, 3.63) is 51.8 Å². The van der Waals surface area contributed by atoms with Crippen LogP contribution in [0.2, 0.25) is 0 Å². The molecule has 2 rings (SSSR count). The van der Waals surface area contributed by atoms with E-state index < -0.39 is 23.0 Å². The number of carbonyl (C=O) groups excluding carboxylic acids is 1. The zero-order valence-corrected chi connectivity index (χ0v) is 10.3. The molecule has 6 heteroatoms. The van der Waals surface area contributed by atoms with Crippen LogP contribution in [0.25, 0.3) is 0 Å². The average Bonchev–Trinajstić information content (AvgIpc) is 2.58. The molecule has 0 amide bonds. The predicted octanol–water partition coefficient (Wildman–Crippen LogP) is 2.69. The fourth-order valence-electron chi connectivity index (χ4n) is 1.50. The Labute approximate surface area is 104 Å². The lowest BCUT2D eigenvalue weighted by Crippen LogP contribution is -2.12. The molecular weight excluding hydrogens is 294 g/mol. The summed E-state index contributed by atoms with van der Waals surface area (Å²) in [7, 11) is 1.52. The fourth-order valence-corrected chi connectivity index (χ4v) is 2.03. The van der Waals surface area contributed by atoms with Crippen LogP contribution in [-0.2, 0) is 7.05 Å². The largest absolute Gasteiger partial charge is 0.287 e. The molecule has 0 bridgehead atoms. The molecule has 0 saturated heterocycles. The van der Waals surface area contributed by atoms with E-state index in [4.69, 9.17) is 0 Å². The minimum atomic E-state index is -0.886. The predicted molar refractivity (Wildman–Crippen MR) is 60.7 cm³/mol. The highest BCUT2D eigenvalue weighted by Crippen LogP contribution is 2.22. The molecule has 0 fully saturated rings. The fraction of sp³-hybridized carbons (Fsp3) is 0.0909. The summed E-state index contributed by atoms with van der Waals surface area (Å²) >= 11 is 3.12. The van der Waals surface area contributed by atoms with Crippen LogP contribution in [0.15, 0.2) is 28.9 Å². The molecule has 0 saturated carbocycles. The van der Waals surface area contributed by atoms with Crippen LogP contribution in [0.4, 0.5) is 8.78 Å². The Hall–Kier alpha value is -1.56. The smallest absolute Gasteiger partial charge is 0.218 e. The first-order chi connectivity index (χ1) is 8.02. The average molecular weight is 301 g/mol. The van der Waals surface area contributed by atoms with E-state index in [2.05, 4.69) is 21.0 Å². The van der Waals surface area contributed by atoms with Crippen molar-refractivity contribution in [1.29, 1.82) is 0 Å². The highest BCUT2D eigenvalue weighted by atomic mass is 79.9. The lowest BCUT2D eigenvalue weighted by atomic mass is 10.1. The van der Waals surface area contributed by atoms with Crippen LogP contribution in [0.3, 0.4) is 0 Å². The monoisotopic (exact) mass is 300 g/mol. The second-order valence-corrected chi connectivity index (χ2v) is 4.24. The first-order valence-corrected chi connectivity index (χ1v) is 5.48. The molecule has 1 aromatic carbocycles. The zero-order valence-electron chi connectivity index (χ0n) is 8.75. The molecule has 0 spiro atoms. The highest BCUT2D eigenvalue weighted by Gasteiger charge is 2.23. The maximum absolute atomic E-state index is 13.5. The topological polar surface area (TPSA) is 34.9 Å². The third-order valence-corrected chi connectivity index (χ3v) is 2.88. The molecule has 0 N–H and O–H groups in total.